The molecule has 6 aromatic rings. The highest BCUT2D eigenvalue weighted by Crippen LogP contribution is 2.45. The van der Waals surface area contributed by atoms with Gasteiger partial charge in [-0.2, -0.15) is 0 Å². The molecule has 108 heavy (non-hydrogen) atoms. The molecule has 15 nitrogen and oxygen atoms in total. The van der Waals surface area contributed by atoms with Crippen LogP contribution in [0.25, 0.3) is 0 Å². The van der Waals surface area contributed by atoms with Crippen molar-refractivity contribution < 1.29 is 68.8 Å². The first-order valence-electron chi connectivity index (χ1n) is 37.5. The number of ketones is 1. The number of Topliss-reactive ketones (excluding diaryl/α,β-unsaturated/α-hetero) is 1. The summed E-state index contributed by atoms with van der Waals surface area (Å²) in [6.45, 7) is 4.64. The number of carbonyl (C=O) groups excluding carboxylic acids is 5. The van der Waals surface area contributed by atoms with Crippen LogP contribution < -0.4 is 0 Å². The van der Waals surface area contributed by atoms with Crippen LogP contribution in [0.1, 0.15) is 183 Å². The summed E-state index contributed by atoms with van der Waals surface area (Å²) in [5, 5.41) is 62.7. The molecule has 3 heterocycles. The molecule has 0 aliphatic heterocycles. The highest BCUT2D eigenvalue weighted by molar-refractivity contribution is 7.14. The second kappa shape index (κ2) is 48.1. The Morgan fingerprint density at radius 2 is 0.769 bits per heavy atom. The Balaban J connectivity index is 0.000000227. The molecular formula is C81H102Cl9NO14S3. The first kappa shape index (κ1) is 91.9. The lowest BCUT2D eigenvalue weighted by Crippen LogP contribution is -2.34. The third kappa shape index (κ3) is 30.5. The monoisotopic (exact) mass is 1720 g/mol. The van der Waals surface area contributed by atoms with Crippen LogP contribution in [-0.4, -0.2) is 152 Å². The van der Waals surface area contributed by atoms with E-state index >= 15 is 0 Å². The topological polar surface area (TPSA) is 238 Å². The maximum absolute atomic E-state index is 12.5. The van der Waals surface area contributed by atoms with Gasteiger partial charge in [-0.3, -0.25) is 9.59 Å². The highest BCUT2D eigenvalue weighted by Gasteiger charge is 2.43. The molecule has 0 radical (unpaired) electrons. The number of amides is 1. The largest absolute Gasteiger partial charge is 0.462 e. The minimum absolute atomic E-state index is 0.00846. The minimum atomic E-state index is -0.475. The van der Waals surface area contributed by atoms with Crippen molar-refractivity contribution >= 4 is 168 Å². The molecule has 1 amide bonds. The number of carbonyl (C=O) groups is 5. The van der Waals surface area contributed by atoms with E-state index in [4.69, 9.17) is 134 Å². The zero-order chi connectivity index (χ0) is 78.4. The van der Waals surface area contributed by atoms with Crippen LogP contribution >= 0.6 is 138 Å². The van der Waals surface area contributed by atoms with Gasteiger partial charge in [0.05, 0.1) is 44.6 Å². The lowest BCUT2D eigenvalue weighted by Gasteiger charge is -2.23. The molecule has 27 heteroatoms. The second-order valence-corrected chi connectivity index (χ2v) is 36.2. The van der Waals surface area contributed by atoms with E-state index in [1.165, 1.54) is 38.9 Å². The number of hydrogen-bond acceptors (Lipinski definition) is 17. The second-order valence-electron chi connectivity index (χ2n) is 28.4. The number of esters is 3. The molecule has 6 N–H and O–H groups in total. The van der Waals surface area contributed by atoms with Gasteiger partial charge in [0, 0.05) is 106 Å². The van der Waals surface area contributed by atoms with Crippen molar-refractivity contribution in [3.63, 3.8) is 0 Å². The molecule has 3 aliphatic rings. The fourth-order valence-corrected chi connectivity index (χ4v) is 20.9. The number of hydrogen-bond donors (Lipinski definition) is 6. The molecule has 3 aromatic carbocycles. The van der Waals surface area contributed by atoms with Crippen LogP contribution in [0.2, 0.25) is 30.1 Å². The molecule has 0 saturated heterocycles. The molecular weight excluding hydrogens is 1630 g/mol. The van der Waals surface area contributed by atoms with Gasteiger partial charge in [0.2, 0.25) is 5.91 Å². The zero-order valence-electron chi connectivity index (χ0n) is 61.1. The van der Waals surface area contributed by atoms with E-state index in [1.54, 1.807) is 35.2 Å². The first-order chi connectivity index (χ1) is 51.8. The molecule has 3 fully saturated rings. The third-order valence-corrected chi connectivity index (χ3v) is 26.5. The van der Waals surface area contributed by atoms with E-state index in [0.717, 1.165) is 136 Å². The van der Waals surface area contributed by atoms with Crippen LogP contribution in [0.4, 0.5) is 0 Å². The number of aliphatic hydroxyl groups excluding tert-OH is 6. The van der Waals surface area contributed by atoms with Gasteiger partial charge in [0.25, 0.3) is 0 Å². The van der Waals surface area contributed by atoms with Crippen LogP contribution in [0, 0.1) is 41.4 Å². The standard InChI is InChI=1S/C29H38Cl3NO5S.C28H35Cl3O6S.C24H29Cl3O3S/c1-2-11-33(12-13-34)28(36)10-14-38-29(37)27-9-7-22(39-27)4-3-5-23-24(26(35)18-25(23)32)8-6-19-15-20(30)17-21(31)16-19;29-19-10-17(11-20(30)13-19)4-6-24-23(25(31)14-26(24)35)3-1-2-22-5-7-27(38-22)28(36)37-9-8-21(34)12-18(15-32)16-33;1-2-10-30-24(29)23-9-7-18(31-23)4-3-5-19-20(22(28)14-21(19)27)8-6-15-11-16(25)13-17(26)12-15/h7,9,15-17,23-26,34-35H,2-6,8,10-14,18H2,1H3;5,7,10-11,13,18,23-26,32-33,35H,1-4,6,8-9,12,14-16H2;7,9,11-13,19-22,28H,2-6,8,10,14H2,1H3/t2*23-,24-,25-,26-;19-,20-,21-,22-/m111/s1. The molecule has 0 unspecified atom stereocenters. The lowest BCUT2D eigenvalue weighted by atomic mass is 9.85. The average Bonchev–Trinajstić information content (AvgIpc) is 1.68. The number of ether oxygens (including phenoxy) is 3. The Labute approximate surface area is 693 Å². The number of aliphatic hydroxyl groups is 6. The predicted molar refractivity (Wildman–Crippen MR) is 439 cm³/mol. The van der Waals surface area contributed by atoms with Crippen LogP contribution in [0.5, 0.6) is 0 Å². The SMILES string of the molecule is CCCN(CCO)C(=O)CCOC(=O)c1ccc(CCC[C@@H]2[C@@H](CCc3cc(Cl)cc(Cl)c3)[C@H](O)C[C@H]2Cl)s1.CCCOC(=O)c1ccc(CCC[C@@H]2[C@@H](CCc3cc(Cl)cc(Cl)c3)[C@H](O)C[C@H]2Cl)s1.O=C(CCOC(=O)c1ccc(CCC[C@@H]2[C@@H](CCc3cc(Cl)cc(Cl)c3)[C@H](O)C[C@H]2Cl)s1)CC(CO)CO. The van der Waals surface area contributed by atoms with E-state index < -0.39 is 30.1 Å². The minimum Gasteiger partial charge on any atom is -0.462 e. The van der Waals surface area contributed by atoms with Crippen molar-refractivity contribution in [1.82, 2.24) is 4.90 Å². The first-order valence-corrected chi connectivity index (χ1v) is 43.5. The van der Waals surface area contributed by atoms with Gasteiger partial charge in [-0.25, -0.2) is 14.4 Å². The van der Waals surface area contributed by atoms with Crippen LogP contribution in [0.15, 0.2) is 91.0 Å². The summed E-state index contributed by atoms with van der Waals surface area (Å²) in [4.78, 5) is 67.5. The van der Waals surface area contributed by atoms with Gasteiger partial charge in [-0.05, 0) is 272 Å². The fourth-order valence-electron chi connectivity index (χ4n) is 14.9. The molecule has 12 atom stereocenters. The molecule has 0 bridgehead atoms. The Bertz CT molecular complexity index is 3690. The normalized spacial score (nSPS) is 21.6. The highest BCUT2D eigenvalue weighted by atomic mass is 35.5. The van der Waals surface area contributed by atoms with Crippen molar-refractivity contribution in [1.29, 1.82) is 0 Å². The van der Waals surface area contributed by atoms with Gasteiger partial charge < -0.3 is 49.7 Å². The molecule has 3 saturated carbocycles. The lowest BCUT2D eigenvalue weighted by molar-refractivity contribution is -0.132. The Kier molecular flexibility index (Phi) is 40.9. The Morgan fingerprint density at radius 1 is 0.435 bits per heavy atom. The summed E-state index contributed by atoms with van der Waals surface area (Å²) >= 11 is 61.0. The van der Waals surface area contributed by atoms with Crippen LogP contribution in [0.3, 0.4) is 0 Å². The summed E-state index contributed by atoms with van der Waals surface area (Å²) in [5.74, 6) is -0.795. The van der Waals surface area contributed by atoms with E-state index in [9.17, 15) is 39.3 Å². The Hall–Kier alpha value is -3.32. The maximum Gasteiger partial charge on any atom is 0.348 e. The summed E-state index contributed by atoms with van der Waals surface area (Å²) < 4.78 is 15.8. The van der Waals surface area contributed by atoms with Crippen molar-refractivity contribution in [2.75, 3.05) is 52.7 Å². The summed E-state index contributed by atoms with van der Waals surface area (Å²) in [6, 6.07) is 27.9. The van der Waals surface area contributed by atoms with Gasteiger partial charge in [-0.15, -0.1) is 68.8 Å². The van der Waals surface area contributed by atoms with E-state index in [1.807, 2.05) is 74.5 Å². The van der Waals surface area contributed by atoms with Crippen LogP contribution in [-0.2, 0) is 62.3 Å². The number of halogens is 9. The molecule has 9 rings (SSSR count). The van der Waals surface area contributed by atoms with E-state index in [-0.39, 0.29) is 134 Å². The van der Waals surface area contributed by atoms with Crippen molar-refractivity contribution in [2.45, 2.75) is 196 Å². The number of rotatable bonds is 40. The molecule has 3 aliphatic carbocycles. The summed E-state index contributed by atoms with van der Waals surface area (Å²) in [6.07, 6.45) is 15.3. The number of benzene rings is 3. The summed E-state index contributed by atoms with van der Waals surface area (Å²) in [7, 11) is 0. The molecule has 0 spiro atoms. The van der Waals surface area contributed by atoms with E-state index in [0.29, 0.717) is 77.2 Å². The maximum atomic E-state index is 12.5. The summed E-state index contributed by atoms with van der Waals surface area (Å²) in [5.41, 5.74) is 3.19. The Morgan fingerprint density at radius 3 is 1.08 bits per heavy atom. The zero-order valence-corrected chi connectivity index (χ0v) is 70.4. The molecule has 596 valence electrons. The predicted octanol–water partition coefficient (Wildman–Crippen LogP) is 19.3. The number of alkyl halides is 3. The number of nitrogens with zero attached hydrogens (tertiary/aromatic N) is 1. The van der Waals surface area contributed by atoms with Gasteiger partial charge in [0.1, 0.15) is 27.0 Å². The van der Waals surface area contributed by atoms with Gasteiger partial charge >= 0.3 is 17.9 Å². The smallest absolute Gasteiger partial charge is 0.348 e. The molecule has 3 aromatic heterocycles. The third-order valence-electron chi connectivity index (χ3n) is 20.3. The fraction of sp³-hybridized carbons (Fsp3) is 0.568. The number of thiophene rings is 3. The van der Waals surface area contributed by atoms with Gasteiger partial charge in [0.15, 0.2) is 0 Å². The van der Waals surface area contributed by atoms with Crippen molar-refractivity contribution in [3.8, 4) is 0 Å². The number of aryl methyl sites for hydroxylation is 6. The van der Waals surface area contributed by atoms with Crippen molar-refractivity contribution in [2.24, 2.45) is 41.4 Å². The van der Waals surface area contributed by atoms with Crippen molar-refractivity contribution in [3.05, 3.63) is 167 Å². The van der Waals surface area contributed by atoms with E-state index in [2.05, 4.69) is 0 Å². The average molecular weight is 1730 g/mol. The van der Waals surface area contributed by atoms with Gasteiger partial charge in [-0.1, -0.05) is 83.5 Å². The quantitative estimate of drug-likeness (QED) is 0.0119.